The van der Waals surface area contributed by atoms with Gasteiger partial charge >= 0.3 is 19.8 Å². The molecule has 0 heterocycles. The zero-order chi connectivity index (χ0) is 45.0. The Morgan fingerprint density at radius 3 is 1.39 bits per heavy atom. The number of aliphatic hydroxyl groups is 5. The first-order valence-electron chi connectivity index (χ1n) is 23.8. The molecule has 61 heavy (non-hydrogen) atoms. The Morgan fingerprint density at radius 1 is 0.508 bits per heavy atom. The number of ether oxygens (including phenoxy) is 2. The fourth-order valence-electron chi connectivity index (χ4n) is 7.08. The van der Waals surface area contributed by atoms with Crippen LogP contribution in [0.5, 0.6) is 0 Å². The van der Waals surface area contributed by atoms with Crippen LogP contribution in [0.4, 0.5) is 0 Å². The van der Waals surface area contributed by atoms with Gasteiger partial charge in [0.2, 0.25) is 0 Å². The predicted octanol–water partition coefficient (Wildman–Crippen LogP) is 9.39. The number of hydrogen-bond donors (Lipinski definition) is 6. The molecule has 0 saturated heterocycles. The second-order valence-corrected chi connectivity index (χ2v) is 18.0. The maximum atomic E-state index is 12.8. The lowest BCUT2D eigenvalue weighted by atomic mass is 9.85. The molecule has 13 nitrogen and oxygen atoms in total. The van der Waals surface area contributed by atoms with Crippen LogP contribution >= 0.6 is 7.82 Å². The van der Waals surface area contributed by atoms with E-state index >= 15 is 0 Å². The standard InChI is InChI=1S/C47H85O13P/c1-3-5-7-9-11-13-15-17-19-20-22-24-26-28-30-32-34-36-41(49)59-39(38-58-61(55,56)60-47-45(53)43(51)42(50)44(52)46(47)54)37-57-40(48)35-33-31-29-27-25-23-21-18-16-14-12-10-8-6-4-2/h11,13,17,19,23,25,39,42-47,50-54H,3-10,12,14-16,18,20-22,24,26-38H2,1-2H3,(H,55,56)/b13-11+,19-17+,25-23+/t39-,42?,43+,44?,45?,46?,47?/m1/s1. The van der Waals surface area contributed by atoms with Crippen molar-refractivity contribution in [3.8, 4) is 0 Å². The van der Waals surface area contributed by atoms with Gasteiger partial charge in [0.15, 0.2) is 6.10 Å². The molecule has 1 aliphatic carbocycles. The van der Waals surface area contributed by atoms with Crippen LogP contribution in [0.3, 0.4) is 0 Å². The van der Waals surface area contributed by atoms with Crippen molar-refractivity contribution < 1.29 is 63.1 Å². The molecule has 1 fully saturated rings. The topological polar surface area (TPSA) is 210 Å². The number of allylic oxidation sites excluding steroid dienone is 6. The van der Waals surface area contributed by atoms with Crippen LogP contribution in [0.15, 0.2) is 36.5 Å². The zero-order valence-corrected chi connectivity index (χ0v) is 38.6. The molecule has 0 radical (unpaired) electrons. The fourth-order valence-corrected chi connectivity index (χ4v) is 8.05. The highest BCUT2D eigenvalue weighted by atomic mass is 31.2. The van der Waals surface area contributed by atoms with E-state index in [1.54, 1.807) is 0 Å². The number of unbranched alkanes of at least 4 members (excludes halogenated alkanes) is 21. The Labute approximate surface area is 368 Å². The van der Waals surface area contributed by atoms with E-state index < -0.39 is 75.7 Å². The summed E-state index contributed by atoms with van der Waals surface area (Å²) in [7, 11) is -5.12. The maximum Gasteiger partial charge on any atom is 0.472 e. The minimum Gasteiger partial charge on any atom is -0.462 e. The van der Waals surface area contributed by atoms with E-state index in [4.69, 9.17) is 18.5 Å². The number of hydrogen-bond acceptors (Lipinski definition) is 12. The molecular weight excluding hydrogens is 803 g/mol. The van der Waals surface area contributed by atoms with Gasteiger partial charge in [-0.15, -0.1) is 0 Å². The molecular formula is C47H85O13P. The van der Waals surface area contributed by atoms with Crippen LogP contribution in [-0.2, 0) is 32.7 Å². The van der Waals surface area contributed by atoms with Gasteiger partial charge in [-0.2, -0.15) is 0 Å². The lowest BCUT2D eigenvalue weighted by molar-refractivity contribution is -0.220. The van der Waals surface area contributed by atoms with Gasteiger partial charge in [0.25, 0.3) is 0 Å². The molecule has 0 aromatic heterocycles. The largest absolute Gasteiger partial charge is 0.472 e. The summed E-state index contributed by atoms with van der Waals surface area (Å²) in [4.78, 5) is 35.7. The Balaban J connectivity index is 2.46. The third-order valence-corrected chi connectivity index (χ3v) is 11.9. The minimum atomic E-state index is -5.12. The first kappa shape index (κ1) is 57.1. The van der Waals surface area contributed by atoms with E-state index in [0.29, 0.717) is 12.8 Å². The average molecular weight is 889 g/mol. The third-order valence-electron chi connectivity index (χ3n) is 11.0. The van der Waals surface area contributed by atoms with Crippen molar-refractivity contribution in [3.63, 3.8) is 0 Å². The zero-order valence-electron chi connectivity index (χ0n) is 37.7. The minimum absolute atomic E-state index is 0.0850. The number of phosphoric ester groups is 1. The predicted molar refractivity (Wildman–Crippen MR) is 240 cm³/mol. The quantitative estimate of drug-likeness (QED) is 0.0147. The second kappa shape index (κ2) is 37.4. The van der Waals surface area contributed by atoms with Crippen molar-refractivity contribution >= 4 is 19.8 Å². The van der Waals surface area contributed by atoms with E-state index in [2.05, 4.69) is 50.3 Å². The molecule has 0 aromatic carbocycles. The molecule has 356 valence electrons. The van der Waals surface area contributed by atoms with Gasteiger partial charge in [0.05, 0.1) is 6.61 Å². The fraction of sp³-hybridized carbons (Fsp3) is 0.830. The summed E-state index contributed by atoms with van der Waals surface area (Å²) in [6, 6.07) is 0. The molecule has 8 atom stereocenters. The Morgan fingerprint density at radius 2 is 0.885 bits per heavy atom. The van der Waals surface area contributed by atoms with Gasteiger partial charge in [0.1, 0.15) is 43.2 Å². The van der Waals surface area contributed by atoms with E-state index in [1.165, 1.54) is 70.6 Å². The highest BCUT2D eigenvalue weighted by Crippen LogP contribution is 2.47. The summed E-state index contributed by atoms with van der Waals surface area (Å²) < 4.78 is 33.5. The van der Waals surface area contributed by atoms with Crippen molar-refractivity contribution in [2.45, 2.75) is 236 Å². The Hall–Kier alpha value is -1.93. The molecule has 14 heteroatoms. The average Bonchev–Trinajstić information content (AvgIpc) is 3.24. The molecule has 0 bridgehead atoms. The summed E-state index contributed by atoms with van der Waals surface area (Å²) in [6.07, 6.45) is 29.1. The Bertz CT molecular complexity index is 1210. The van der Waals surface area contributed by atoms with Crippen molar-refractivity contribution in [2.75, 3.05) is 13.2 Å². The van der Waals surface area contributed by atoms with Crippen LogP contribution in [0, 0.1) is 0 Å². The van der Waals surface area contributed by atoms with Crippen molar-refractivity contribution in [2.24, 2.45) is 0 Å². The summed E-state index contributed by atoms with van der Waals surface area (Å²) in [5.41, 5.74) is 0. The molecule has 1 rings (SSSR count). The number of carbonyl (C=O) groups is 2. The van der Waals surface area contributed by atoms with Gasteiger partial charge in [-0.1, -0.05) is 147 Å². The number of esters is 2. The summed E-state index contributed by atoms with van der Waals surface area (Å²) >= 11 is 0. The molecule has 0 spiro atoms. The molecule has 0 aromatic rings. The van der Waals surface area contributed by atoms with Gasteiger partial charge in [-0.3, -0.25) is 18.6 Å². The van der Waals surface area contributed by atoms with Crippen LogP contribution in [0.25, 0.3) is 0 Å². The molecule has 6 unspecified atom stereocenters. The monoisotopic (exact) mass is 889 g/mol. The first-order chi connectivity index (χ1) is 29.4. The van der Waals surface area contributed by atoms with Crippen molar-refractivity contribution in [1.82, 2.24) is 0 Å². The number of carbonyl (C=O) groups excluding carboxylic acids is 2. The van der Waals surface area contributed by atoms with E-state index in [9.17, 15) is 44.6 Å². The number of phosphoric acid groups is 1. The lowest BCUT2D eigenvalue weighted by Crippen LogP contribution is -2.64. The number of aliphatic hydroxyl groups excluding tert-OH is 5. The summed E-state index contributed by atoms with van der Waals surface area (Å²) in [5, 5.41) is 50.2. The van der Waals surface area contributed by atoms with Gasteiger partial charge in [-0.05, 0) is 70.6 Å². The molecule has 1 aliphatic rings. The van der Waals surface area contributed by atoms with Gasteiger partial charge < -0.3 is 39.9 Å². The highest BCUT2D eigenvalue weighted by Gasteiger charge is 2.51. The normalized spacial score (nSPS) is 22.3. The lowest BCUT2D eigenvalue weighted by Gasteiger charge is -2.41. The Kier molecular flexibility index (Phi) is 35.0. The molecule has 0 amide bonds. The molecule has 6 N–H and O–H groups in total. The first-order valence-corrected chi connectivity index (χ1v) is 25.3. The van der Waals surface area contributed by atoms with Crippen molar-refractivity contribution in [3.05, 3.63) is 36.5 Å². The van der Waals surface area contributed by atoms with E-state index in [-0.39, 0.29) is 12.8 Å². The summed E-state index contributed by atoms with van der Waals surface area (Å²) in [6.45, 7) is 3.26. The van der Waals surface area contributed by atoms with Gasteiger partial charge in [0, 0.05) is 12.8 Å². The van der Waals surface area contributed by atoms with Crippen LogP contribution in [0.2, 0.25) is 0 Å². The SMILES string of the molecule is CCCCC/C=C/C/C=C/CCCCCCCCCC(=O)O[C@H](COC(=O)CCCCC/C=C/CCCCCCCCCC)COP(=O)(O)OC1C(O)C(O)C(O)[C@H](O)C1O. The molecule has 0 aliphatic heterocycles. The van der Waals surface area contributed by atoms with Crippen LogP contribution in [0.1, 0.15) is 194 Å². The smallest absolute Gasteiger partial charge is 0.462 e. The van der Waals surface area contributed by atoms with Crippen LogP contribution in [-0.4, -0.2) is 98.3 Å². The summed E-state index contributed by atoms with van der Waals surface area (Å²) in [5.74, 6) is -1.12. The van der Waals surface area contributed by atoms with E-state index in [1.807, 2.05) is 0 Å². The molecule has 1 saturated carbocycles. The number of rotatable bonds is 39. The second-order valence-electron chi connectivity index (χ2n) is 16.6. The van der Waals surface area contributed by atoms with Crippen molar-refractivity contribution in [1.29, 1.82) is 0 Å². The third kappa shape index (κ3) is 30.0. The van der Waals surface area contributed by atoms with Crippen LogP contribution < -0.4 is 0 Å². The van der Waals surface area contributed by atoms with Gasteiger partial charge in [-0.25, -0.2) is 4.57 Å². The highest BCUT2D eigenvalue weighted by molar-refractivity contribution is 7.47. The van der Waals surface area contributed by atoms with E-state index in [0.717, 1.165) is 83.5 Å². The maximum absolute atomic E-state index is 12.8.